The second-order valence-corrected chi connectivity index (χ2v) is 5.44. The Bertz CT molecular complexity index is 230. The zero-order valence-electron chi connectivity index (χ0n) is 8.61. The van der Waals surface area contributed by atoms with Gasteiger partial charge in [-0.15, -0.1) is 0 Å². The van der Waals surface area contributed by atoms with E-state index < -0.39 is 0 Å². The molecule has 1 saturated carbocycles. The monoisotopic (exact) mass is 182 g/mol. The van der Waals surface area contributed by atoms with Crippen molar-refractivity contribution in [2.24, 2.45) is 5.92 Å². The first-order chi connectivity index (χ1) is 5.91. The van der Waals surface area contributed by atoms with Gasteiger partial charge in [0, 0.05) is 5.54 Å². The van der Waals surface area contributed by atoms with Crippen LogP contribution in [0.5, 0.6) is 0 Å². The molecule has 3 fully saturated rings. The first-order valence-corrected chi connectivity index (χ1v) is 4.99. The maximum atomic E-state index is 11.8. The number of carbonyl (C=O) groups is 1. The molecular formula is C10H18N2O. The van der Waals surface area contributed by atoms with Gasteiger partial charge < -0.3 is 10.6 Å². The molecule has 0 spiro atoms. The van der Waals surface area contributed by atoms with Crippen molar-refractivity contribution in [3.05, 3.63) is 0 Å². The van der Waals surface area contributed by atoms with E-state index in [0.29, 0.717) is 0 Å². The molecule has 74 valence electrons. The third-order valence-electron chi connectivity index (χ3n) is 2.93. The lowest BCUT2D eigenvalue weighted by Gasteiger charge is -2.38. The Morgan fingerprint density at radius 1 is 1.46 bits per heavy atom. The van der Waals surface area contributed by atoms with Gasteiger partial charge in [0.25, 0.3) is 0 Å². The summed E-state index contributed by atoms with van der Waals surface area (Å²) >= 11 is 0. The predicted octanol–water partition coefficient (Wildman–Crippen LogP) is 0.653. The van der Waals surface area contributed by atoms with Crippen molar-refractivity contribution in [1.82, 2.24) is 10.6 Å². The lowest BCUT2D eigenvalue weighted by atomic mass is 9.73. The largest absolute Gasteiger partial charge is 0.350 e. The Balaban J connectivity index is 1.98. The fourth-order valence-electron chi connectivity index (χ4n) is 2.28. The van der Waals surface area contributed by atoms with Crippen molar-refractivity contribution in [2.75, 3.05) is 6.54 Å². The third kappa shape index (κ3) is 1.46. The molecule has 2 aliphatic heterocycles. The van der Waals surface area contributed by atoms with Crippen LogP contribution in [0.3, 0.4) is 0 Å². The SMILES string of the molecule is CC(C)(C)NC(=O)C12CC(CN1)C2. The normalized spacial score (nSPS) is 37.0. The molecule has 2 N–H and O–H groups in total. The van der Waals surface area contributed by atoms with Gasteiger partial charge in [-0.3, -0.25) is 4.79 Å². The molecule has 3 aliphatic rings. The summed E-state index contributed by atoms with van der Waals surface area (Å²) < 4.78 is 0. The van der Waals surface area contributed by atoms with Crippen molar-refractivity contribution < 1.29 is 4.79 Å². The van der Waals surface area contributed by atoms with E-state index in [4.69, 9.17) is 0 Å². The van der Waals surface area contributed by atoms with Crippen LogP contribution in [-0.2, 0) is 4.79 Å². The van der Waals surface area contributed by atoms with Gasteiger partial charge in [0.1, 0.15) is 0 Å². The fourth-order valence-corrected chi connectivity index (χ4v) is 2.28. The number of hydrogen-bond donors (Lipinski definition) is 2. The van der Waals surface area contributed by atoms with Gasteiger partial charge in [0.05, 0.1) is 5.54 Å². The molecular weight excluding hydrogens is 164 g/mol. The maximum Gasteiger partial charge on any atom is 0.240 e. The second-order valence-electron chi connectivity index (χ2n) is 5.44. The summed E-state index contributed by atoms with van der Waals surface area (Å²) in [6.07, 6.45) is 2.07. The van der Waals surface area contributed by atoms with Gasteiger partial charge in [-0.25, -0.2) is 0 Å². The van der Waals surface area contributed by atoms with Crippen LogP contribution < -0.4 is 10.6 Å². The van der Waals surface area contributed by atoms with Gasteiger partial charge in [-0.2, -0.15) is 0 Å². The molecule has 1 aliphatic carbocycles. The van der Waals surface area contributed by atoms with Crippen LogP contribution in [0.2, 0.25) is 0 Å². The summed E-state index contributed by atoms with van der Waals surface area (Å²) in [4.78, 5) is 11.8. The summed E-state index contributed by atoms with van der Waals surface area (Å²) in [6.45, 7) is 7.09. The minimum atomic E-state index is -0.196. The highest BCUT2D eigenvalue weighted by molar-refractivity contribution is 5.88. The van der Waals surface area contributed by atoms with E-state index in [1.165, 1.54) is 0 Å². The highest BCUT2D eigenvalue weighted by Gasteiger charge is 2.55. The van der Waals surface area contributed by atoms with Crippen LogP contribution in [0, 0.1) is 5.92 Å². The number of fused-ring (bicyclic) bond motifs is 1. The standard InChI is InChI=1S/C10H18N2O/c1-9(2,3)12-8(13)10-4-7(5-10)6-11-10/h7,11H,4-6H2,1-3H3,(H,12,13). The Morgan fingerprint density at radius 3 is 2.46 bits per heavy atom. The zero-order valence-corrected chi connectivity index (χ0v) is 8.61. The predicted molar refractivity (Wildman–Crippen MR) is 51.4 cm³/mol. The molecule has 0 unspecified atom stereocenters. The molecule has 1 amide bonds. The molecule has 0 atom stereocenters. The second kappa shape index (κ2) is 2.47. The zero-order chi connectivity index (χ0) is 9.69. The Labute approximate surface area is 79.3 Å². The molecule has 2 heterocycles. The van der Waals surface area contributed by atoms with Crippen LogP contribution in [0.15, 0.2) is 0 Å². The van der Waals surface area contributed by atoms with Crippen molar-refractivity contribution in [2.45, 2.75) is 44.7 Å². The highest BCUT2D eigenvalue weighted by Crippen LogP contribution is 2.43. The number of amides is 1. The minimum Gasteiger partial charge on any atom is -0.350 e. The number of hydrogen-bond acceptors (Lipinski definition) is 2. The van der Waals surface area contributed by atoms with E-state index in [1.807, 2.05) is 20.8 Å². The minimum absolute atomic E-state index is 0.110. The van der Waals surface area contributed by atoms with Gasteiger partial charge in [-0.05, 0) is 46.1 Å². The first kappa shape index (κ1) is 9.00. The van der Waals surface area contributed by atoms with Crippen LogP contribution in [-0.4, -0.2) is 23.5 Å². The van der Waals surface area contributed by atoms with Crippen LogP contribution >= 0.6 is 0 Å². The lowest BCUT2D eigenvalue weighted by Crippen LogP contribution is -2.59. The van der Waals surface area contributed by atoms with Gasteiger partial charge in [0.2, 0.25) is 5.91 Å². The summed E-state index contributed by atoms with van der Waals surface area (Å²) in [6, 6.07) is 0. The molecule has 13 heavy (non-hydrogen) atoms. The van der Waals surface area contributed by atoms with E-state index >= 15 is 0 Å². The van der Waals surface area contributed by atoms with Crippen molar-refractivity contribution in [1.29, 1.82) is 0 Å². The molecule has 3 heteroatoms. The average Bonchev–Trinajstić information content (AvgIpc) is 2.35. The fraction of sp³-hybridized carbons (Fsp3) is 0.900. The van der Waals surface area contributed by atoms with E-state index in [1.54, 1.807) is 0 Å². The number of rotatable bonds is 1. The van der Waals surface area contributed by atoms with Gasteiger partial charge in [0.15, 0.2) is 0 Å². The molecule has 3 rings (SSSR count). The summed E-state index contributed by atoms with van der Waals surface area (Å²) in [5.41, 5.74) is -0.306. The summed E-state index contributed by atoms with van der Waals surface area (Å²) in [7, 11) is 0. The van der Waals surface area contributed by atoms with Crippen molar-refractivity contribution in [3.8, 4) is 0 Å². The van der Waals surface area contributed by atoms with E-state index in [9.17, 15) is 4.79 Å². The Hall–Kier alpha value is -0.570. The molecule has 0 radical (unpaired) electrons. The van der Waals surface area contributed by atoms with Crippen LogP contribution in [0.25, 0.3) is 0 Å². The van der Waals surface area contributed by atoms with E-state index in [0.717, 1.165) is 25.3 Å². The lowest BCUT2D eigenvalue weighted by molar-refractivity contribution is -0.131. The van der Waals surface area contributed by atoms with Gasteiger partial charge in [-0.1, -0.05) is 0 Å². The van der Waals surface area contributed by atoms with E-state index in [2.05, 4.69) is 10.6 Å². The summed E-state index contributed by atoms with van der Waals surface area (Å²) in [5.74, 6) is 0.944. The van der Waals surface area contributed by atoms with Gasteiger partial charge >= 0.3 is 0 Å². The summed E-state index contributed by atoms with van der Waals surface area (Å²) in [5, 5.41) is 6.36. The quantitative estimate of drug-likeness (QED) is 0.625. The number of nitrogens with one attached hydrogen (secondary N) is 2. The average molecular weight is 182 g/mol. The topological polar surface area (TPSA) is 41.1 Å². The first-order valence-electron chi connectivity index (χ1n) is 4.99. The Kier molecular flexibility index (Phi) is 1.71. The molecule has 3 nitrogen and oxygen atoms in total. The molecule has 0 aromatic heterocycles. The van der Waals surface area contributed by atoms with Crippen LogP contribution in [0.1, 0.15) is 33.6 Å². The van der Waals surface area contributed by atoms with Crippen molar-refractivity contribution in [3.63, 3.8) is 0 Å². The molecule has 0 aromatic rings. The van der Waals surface area contributed by atoms with Crippen LogP contribution in [0.4, 0.5) is 0 Å². The smallest absolute Gasteiger partial charge is 0.240 e. The molecule has 2 saturated heterocycles. The molecule has 0 aromatic carbocycles. The maximum absolute atomic E-state index is 11.8. The molecule has 2 bridgehead atoms. The Morgan fingerprint density at radius 2 is 2.08 bits per heavy atom. The third-order valence-corrected chi connectivity index (χ3v) is 2.93. The van der Waals surface area contributed by atoms with Crippen molar-refractivity contribution >= 4 is 5.91 Å². The number of carbonyl (C=O) groups excluding carboxylic acids is 1. The highest BCUT2D eigenvalue weighted by atomic mass is 16.2. The van der Waals surface area contributed by atoms with E-state index in [-0.39, 0.29) is 17.0 Å².